The molecule has 0 saturated heterocycles. The first-order chi connectivity index (χ1) is 13.1. The molecule has 0 fully saturated rings. The average Bonchev–Trinajstić information content (AvgIpc) is 2.64. The van der Waals surface area contributed by atoms with Gasteiger partial charge in [0.1, 0.15) is 5.75 Å². The number of hydrogen-bond acceptors (Lipinski definition) is 4. The topological polar surface area (TPSA) is 111 Å². The van der Waals surface area contributed by atoms with E-state index in [1.54, 1.807) is 0 Å². The second-order valence-corrected chi connectivity index (χ2v) is 5.59. The van der Waals surface area contributed by atoms with Crippen LogP contribution in [0, 0.1) is 0 Å². The van der Waals surface area contributed by atoms with Gasteiger partial charge in [-0.2, -0.15) is 13.2 Å². The number of halogens is 3. The van der Waals surface area contributed by atoms with Gasteiger partial charge in [-0.05, 0) is 42.5 Å². The molecule has 0 radical (unpaired) electrons. The number of amides is 3. The van der Waals surface area contributed by atoms with Crippen molar-refractivity contribution in [3.8, 4) is 5.75 Å². The summed E-state index contributed by atoms with van der Waals surface area (Å²) < 4.78 is 42.6. The van der Waals surface area contributed by atoms with Crippen LogP contribution >= 0.6 is 0 Å². The maximum absolute atomic E-state index is 12.5. The molecule has 0 aliphatic heterocycles. The Hall–Kier alpha value is -3.56. The Morgan fingerprint density at radius 1 is 1.04 bits per heavy atom. The van der Waals surface area contributed by atoms with E-state index in [0.29, 0.717) is 5.69 Å². The molecular formula is C18H16F3N3O4. The van der Waals surface area contributed by atoms with Gasteiger partial charge in [-0.15, -0.1) is 0 Å². The highest BCUT2D eigenvalue weighted by Crippen LogP contribution is 2.30. The Morgan fingerprint density at radius 2 is 1.71 bits per heavy atom. The normalized spacial score (nSPS) is 10.8. The number of hydrogen-bond donors (Lipinski definition) is 3. The van der Waals surface area contributed by atoms with E-state index in [2.05, 4.69) is 10.6 Å². The molecule has 0 unspecified atom stereocenters. The molecule has 7 nitrogen and oxygen atoms in total. The fourth-order valence-corrected chi connectivity index (χ4v) is 2.09. The highest BCUT2D eigenvalue weighted by molar-refractivity contribution is 5.98. The van der Waals surface area contributed by atoms with E-state index in [1.165, 1.54) is 24.3 Å². The van der Waals surface area contributed by atoms with Crippen molar-refractivity contribution in [2.24, 2.45) is 5.73 Å². The summed E-state index contributed by atoms with van der Waals surface area (Å²) in [5, 5.41) is 4.80. The third-order valence-corrected chi connectivity index (χ3v) is 3.38. The molecule has 10 heteroatoms. The lowest BCUT2D eigenvalue weighted by Crippen LogP contribution is -2.33. The number of rotatable bonds is 7. The zero-order valence-electron chi connectivity index (χ0n) is 14.4. The summed E-state index contributed by atoms with van der Waals surface area (Å²) in [6.07, 6.45) is -4.45. The Morgan fingerprint density at radius 3 is 2.32 bits per heavy atom. The maximum atomic E-state index is 12.5. The molecule has 0 bridgehead atoms. The predicted molar refractivity (Wildman–Crippen MR) is 93.5 cm³/mol. The van der Waals surface area contributed by atoms with Crippen LogP contribution in [0.1, 0.15) is 15.9 Å². The molecule has 4 N–H and O–H groups in total. The number of anilines is 1. The summed E-state index contributed by atoms with van der Waals surface area (Å²) in [6.45, 7) is -0.764. The van der Waals surface area contributed by atoms with Crippen molar-refractivity contribution >= 4 is 23.4 Å². The molecule has 0 spiro atoms. The highest BCUT2D eigenvalue weighted by atomic mass is 19.4. The molecule has 0 aliphatic rings. The van der Waals surface area contributed by atoms with Crippen molar-refractivity contribution in [2.45, 2.75) is 6.18 Å². The molecule has 3 amide bonds. The molecule has 0 aliphatic carbocycles. The van der Waals surface area contributed by atoms with E-state index in [9.17, 15) is 27.6 Å². The quantitative estimate of drug-likeness (QED) is 0.665. The summed E-state index contributed by atoms with van der Waals surface area (Å²) >= 11 is 0. The van der Waals surface area contributed by atoms with Gasteiger partial charge in [-0.3, -0.25) is 14.4 Å². The van der Waals surface area contributed by atoms with E-state index in [0.717, 1.165) is 24.3 Å². The fraction of sp³-hybridized carbons (Fsp3) is 0.167. The monoisotopic (exact) mass is 395 g/mol. The standard InChI is InChI=1S/C18H16F3N3O4/c19-18(20,21)12-4-6-14(7-5-12)28-10-16(26)24-13-3-1-2-11(8-13)17(27)23-9-15(22)25/h1-8H,9-10H2,(H2,22,25)(H,23,27)(H,24,26). The van der Waals surface area contributed by atoms with Crippen LogP contribution in [0.25, 0.3) is 0 Å². The minimum absolute atomic E-state index is 0.0998. The van der Waals surface area contributed by atoms with E-state index < -0.39 is 36.1 Å². The van der Waals surface area contributed by atoms with Gasteiger partial charge in [0.05, 0.1) is 12.1 Å². The van der Waals surface area contributed by atoms with Crippen LogP contribution in [0.5, 0.6) is 5.75 Å². The third-order valence-electron chi connectivity index (χ3n) is 3.38. The van der Waals surface area contributed by atoms with Gasteiger partial charge in [-0.25, -0.2) is 0 Å². The van der Waals surface area contributed by atoms with Gasteiger partial charge in [0, 0.05) is 11.3 Å². The zero-order chi connectivity index (χ0) is 20.7. The van der Waals surface area contributed by atoms with Crippen LogP contribution < -0.4 is 21.1 Å². The maximum Gasteiger partial charge on any atom is 0.416 e. The van der Waals surface area contributed by atoms with Gasteiger partial charge in [0.25, 0.3) is 11.8 Å². The Labute approximate surface area is 157 Å². The molecule has 2 aromatic rings. The second-order valence-electron chi connectivity index (χ2n) is 5.59. The van der Waals surface area contributed by atoms with E-state index in [1.807, 2.05) is 0 Å². The average molecular weight is 395 g/mol. The molecule has 0 aromatic heterocycles. The number of primary amides is 1. The lowest BCUT2D eigenvalue weighted by atomic mass is 10.2. The van der Waals surface area contributed by atoms with Crippen LogP contribution in [0.4, 0.5) is 18.9 Å². The first kappa shape index (κ1) is 20.7. The van der Waals surface area contributed by atoms with Crippen LogP contribution in [0.3, 0.4) is 0 Å². The predicted octanol–water partition coefficient (Wildman–Crippen LogP) is 1.94. The molecular weight excluding hydrogens is 379 g/mol. The number of nitrogens with two attached hydrogens (primary N) is 1. The molecule has 0 saturated carbocycles. The summed E-state index contributed by atoms with van der Waals surface area (Å²) in [7, 11) is 0. The fourth-order valence-electron chi connectivity index (χ4n) is 2.09. The molecule has 2 rings (SSSR count). The van der Waals surface area contributed by atoms with Crippen LogP contribution in [0.15, 0.2) is 48.5 Å². The van der Waals surface area contributed by atoms with Crippen molar-refractivity contribution in [1.82, 2.24) is 5.32 Å². The van der Waals surface area contributed by atoms with E-state index in [-0.39, 0.29) is 17.9 Å². The summed E-state index contributed by atoms with van der Waals surface area (Å²) in [5.41, 5.74) is 4.62. The smallest absolute Gasteiger partial charge is 0.416 e. The van der Waals surface area contributed by atoms with Crippen molar-refractivity contribution < 1.29 is 32.3 Å². The number of nitrogens with one attached hydrogen (secondary N) is 2. The molecule has 0 heterocycles. The van der Waals surface area contributed by atoms with Crippen molar-refractivity contribution in [3.63, 3.8) is 0 Å². The first-order valence-electron chi connectivity index (χ1n) is 7.91. The van der Waals surface area contributed by atoms with Gasteiger partial charge < -0.3 is 21.1 Å². The Bertz CT molecular complexity index is 867. The van der Waals surface area contributed by atoms with E-state index >= 15 is 0 Å². The number of carbonyl (C=O) groups excluding carboxylic acids is 3. The lowest BCUT2D eigenvalue weighted by Gasteiger charge is -2.10. The summed E-state index contributed by atoms with van der Waals surface area (Å²) in [5.74, 6) is -1.72. The second kappa shape index (κ2) is 8.89. The minimum Gasteiger partial charge on any atom is -0.484 e. The summed E-state index contributed by atoms with van der Waals surface area (Å²) in [4.78, 5) is 34.5. The van der Waals surface area contributed by atoms with Crippen molar-refractivity contribution in [1.29, 1.82) is 0 Å². The molecule has 148 valence electrons. The van der Waals surface area contributed by atoms with Gasteiger partial charge in [0.15, 0.2) is 6.61 Å². The zero-order valence-corrected chi connectivity index (χ0v) is 14.4. The third kappa shape index (κ3) is 6.31. The minimum atomic E-state index is -4.45. The summed E-state index contributed by atoms with van der Waals surface area (Å²) in [6, 6.07) is 9.83. The SMILES string of the molecule is NC(=O)CNC(=O)c1cccc(NC(=O)COc2ccc(C(F)(F)F)cc2)c1. The van der Waals surface area contributed by atoms with Crippen molar-refractivity contribution in [3.05, 3.63) is 59.7 Å². The van der Waals surface area contributed by atoms with Gasteiger partial charge >= 0.3 is 6.18 Å². The number of benzene rings is 2. The van der Waals surface area contributed by atoms with Crippen LogP contribution in [0.2, 0.25) is 0 Å². The number of ether oxygens (including phenoxy) is 1. The molecule has 0 atom stereocenters. The van der Waals surface area contributed by atoms with Gasteiger partial charge in [0.2, 0.25) is 5.91 Å². The van der Waals surface area contributed by atoms with Crippen molar-refractivity contribution in [2.75, 3.05) is 18.5 Å². The molecule has 28 heavy (non-hydrogen) atoms. The molecule has 2 aromatic carbocycles. The number of carbonyl (C=O) groups is 3. The van der Waals surface area contributed by atoms with Gasteiger partial charge in [-0.1, -0.05) is 6.07 Å². The number of alkyl halides is 3. The van der Waals surface area contributed by atoms with E-state index in [4.69, 9.17) is 10.5 Å². The highest BCUT2D eigenvalue weighted by Gasteiger charge is 2.30. The Kier molecular flexibility index (Phi) is 6.59. The van der Waals surface area contributed by atoms with Crippen LogP contribution in [-0.4, -0.2) is 30.9 Å². The largest absolute Gasteiger partial charge is 0.484 e. The van der Waals surface area contributed by atoms with Crippen LogP contribution in [-0.2, 0) is 15.8 Å². The first-order valence-corrected chi connectivity index (χ1v) is 7.91. The lowest BCUT2D eigenvalue weighted by molar-refractivity contribution is -0.137. The Balaban J connectivity index is 1.90.